The molecule has 0 radical (unpaired) electrons. The molecule has 30 heavy (non-hydrogen) atoms. The average Bonchev–Trinajstić information content (AvgIpc) is 2.76. The summed E-state index contributed by atoms with van der Waals surface area (Å²) in [7, 11) is 0. The highest BCUT2D eigenvalue weighted by Crippen LogP contribution is 2.11. The molecule has 0 aromatic carbocycles. The number of ether oxygens (including phenoxy) is 3. The Morgan fingerprint density at radius 2 is 1.00 bits per heavy atom. The van der Waals surface area contributed by atoms with Gasteiger partial charge in [-0.2, -0.15) is 0 Å². The van der Waals surface area contributed by atoms with Crippen LogP contribution in [0.1, 0.15) is 129 Å². The van der Waals surface area contributed by atoms with Crippen molar-refractivity contribution in [3.8, 4) is 0 Å². The summed E-state index contributed by atoms with van der Waals surface area (Å²) in [5, 5.41) is 0. The maximum absolute atomic E-state index is 10.1. The summed E-state index contributed by atoms with van der Waals surface area (Å²) in [4.78, 5) is 10.1. The van der Waals surface area contributed by atoms with Crippen LogP contribution in [0.3, 0.4) is 0 Å². The maximum atomic E-state index is 10.1. The molecule has 1 rings (SSSR count). The topological polar surface area (TPSA) is 44.8 Å². The number of cyclic esters (lactones) is 1. The summed E-state index contributed by atoms with van der Waals surface area (Å²) in [5.41, 5.74) is 0. The van der Waals surface area contributed by atoms with Crippen molar-refractivity contribution < 1.29 is 19.0 Å². The highest BCUT2D eigenvalue weighted by Gasteiger charge is 2.06. The van der Waals surface area contributed by atoms with Crippen LogP contribution in [-0.2, 0) is 19.0 Å². The second-order valence-electron chi connectivity index (χ2n) is 8.54. The lowest BCUT2D eigenvalue weighted by molar-refractivity contribution is -0.159. The molecule has 1 aliphatic rings. The van der Waals surface area contributed by atoms with Crippen molar-refractivity contribution in [3.05, 3.63) is 0 Å². The first-order valence-electron chi connectivity index (χ1n) is 13.1. The Morgan fingerprint density at radius 1 is 0.600 bits per heavy atom. The number of esters is 1. The molecule has 1 heterocycles. The van der Waals surface area contributed by atoms with E-state index in [-0.39, 0.29) is 12.6 Å². The molecule has 0 spiro atoms. The molecule has 0 amide bonds. The van der Waals surface area contributed by atoms with Crippen molar-refractivity contribution in [1.29, 1.82) is 0 Å². The molecule has 1 saturated heterocycles. The zero-order valence-electron chi connectivity index (χ0n) is 20.4. The highest BCUT2D eigenvalue weighted by molar-refractivity contribution is 5.71. The van der Waals surface area contributed by atoms with Crippen molar-refractivity contribution in [1.82, 2.24) is 0 Å². The monoisotopic (exact) mass is 428 g/mol. The van der Waals surface area contributed by atoms with Gasteiger partial charge in [0, 0.05) is 13.2 Å². The average molecular weight is 429 g/mol. The van der Waals surface area contributed by atoms with E-state index in [0.717, 1.165) is 13.2 Å². The van der Waals surface area contributed by atoms with E-state index in [4.69, 9.17) is 9.47 Å². The van der Waals surface area contributed by atoms with Gasteiger partial charge in [0.2, 0.25) is 0 Å². The van der Waals surface area contributed by atoms with Crippen LogP contribution in [0.15, 0.2) is 0 Å². The van der Waals surface area contributed by atoms with Crippen LogP contribution >= 0.6 is 0 Å². The van der Waals surface area contributed by atoms with E-state index in [0.29, 0.717) is 13.2 Å². The lowest BCUT2D eigenvalue weighted by Gasteiger charge is -2.09. The van der Waals surface area contributed by atoms with Gasteiger partial charge in [-0.05, 0) is 12.8 Å². The summed E-state index contributed by atoms with van der Waals surface area (Å²) in [5.74, 6) is -0.258. The number of hydrogen-bond donors (Lipinski definition) is 0. The van der Waals surface area contributed by atoms with Gasteiger partial charge in [-0.15, -0.1) is 0 Å². The minimum Gasteiger partial charge on any atom is -0.462 e. The van der Waals surface area contributed by atoms with Gasteiger partial charge in [0.25, 0.3) is 0 Å². The van der Waals surface area contributed by atoms with E-state index in [1.165, 1.54) is 116 Å². The van der Waals surface area contributed by atoms with E-state index >= 15 is 0 Å². The third-order valence-electron chi connectivity index (χ3n) is 5.50. The van der Waals surface area contributed by atoms with E-state index in [2.05, 4.69) is 18.6 Å². The van der Waals surface area contributed by atoms with E-state index < -0.39 is 0 Å². The first-order valence-corrected chi connectivity index (χ1v) is 13.1. The predicted octanol–water partition coefficient (Wildman–Crippen LogP) is 7.62. The summed E-state index contributed by atoms with van der Waals surface area (Å²) in [6.45, 7) is 7.65. The second kappa shape index (κ2) is 26.4. The SMILES string of the molecule is CCCCCCCCCCCOCCCCCCCCCCC.O=C1COCCO1. The van der Waals surface area contributed by atoms with Crippen LogP contribution < -0.4 is 0 Å². The Morgan fingerprint density at radius 3 is 1.30 bits per heavy atom. The third-order valence-corrected chi connectivity index (χ3v) is 5.50. The standard InChI is InChI=1S/C22H46O.C4H6O3/c1-3-5-7-9-11-13-15-17-19-21-23-22-20-18-16-14-12-10-8-6-4-2;5-4-3-6-1-2-7-4/h3-22H2,1-2H3;1-3H2. The van der Waals surface area contributed by atoms with Crippen LogP contribution in [0.25, 0.3) is 0 Å². The van der Waals surface area contributed by atoms with E-state index in [1.54, 1.807) is 0 Å². The molecule has 0 bridgehead atoms. The fraction of sp³-hybridized carbons (Fsp3) is 0.962. The highest BCUT2D eigenvalue weighted by atomic mass is 16.6. The van der Waals surface area contributed by atoms with Crippen molar-refractivity contribution in [3.63, 3.8) is 0 Å². The molecule has 180 valence electrons. The van der Waals surface area contributed by atoms with Crippen LogP contribution in [0.4, 0.5) is 0 Å². The molecule has 0 atom stereocenters. The number of rotatable bonds is 20. The number of hydrogen-bond acceptors (Lipinski definition) is 4. The minimum absolute atomic E-state index is 0.125. The fourth-order valence-corrected chi connectivity index (χ4v) is 3.54. The first-order chi connectivity index (χ1) is 14.8. The number of carbonyl (C=O) groups is 1. The molecule has 1 fully saturated rings. The van der Waals surface area contributed by atoms with Crippen molar-refractivity contribution in [2.75, 3.05) is 33.0 Å². The van der Waals surface area contributed by atoms with Gasteiger partial charge in [-0.1, -0.05) is 117 Å². The van der Waals surface area contributed by atoms with Gasteiger partial charge in [0.1, 0.15) is 13.2 Å². The van der Waals surface area contributed by atoms with Gasteiger partial charge >= 0.3 is 5.97 Å². The molecule has 0 unspecified atom stereocenters. The molecule has 0 aliphatic carbocycles. The van der Waals surface area contributed by atoms with Gasteiger partial charge in [0.15, 0.2) is 0 Å². The molecular formula is C26H52O4. The number of carbonyl (C=O) groups excluding carboxylic acids is 1. The third kappa shape index (κ3) is 25.4. The first kappa shape index (κ1) is 29.4. The normalized spacial score (nSPS) is 13.6. The molecule has 0 N–H and O–H groups in total. The van der Waals surface area contributed by atoms with Crippen molar-refractivity contribution in [2.24, 2.45) is 0 Å². The minimum atomic E-state index is -0.258. The Labute approximate surface area is 187 Å². The summed E-state index contributed by atoms with van der Waals surface area (Å²) < 4.78 is 15.0. The molecule has 4 heteroatoms. The molecule has 1 aliphatic heterocycles. The molecule has 0 aromatic heterocycles. The smallest absolute Gasteiger partial charge is 0.332 e. The van der Waals surface area contributed by atoms with Crippen molar-refractivity contribution in [2.45, 2.75) is 129 Å². The van der Waals surface area contributed by atoms with Crippen molar-refractivity contribution >= 4 is 5.97 Å². The van der Waals surface area contributed by atoms with Gasteiger partial charge < -0.3 is 14.2 Å². The van der Waals surface area contributed by atoms with E-state index in [1.807, 2.05) is 0 Å². The van der Waals surface area contributed by atoms with Gasteiger partial charge in [0.05, 0.1) is 6.61 Å². The Hall–Kier alpha value is -0.610. The zero-order chi connectivity index (χ0) is 22.0. The summed E-state index contributed by atoms with van der Waals surface area (Å²) >= 11 is 0. The Balaban J connectivity index is 0.000001000. The lowest BCUT2D eigenvalue weighted by Crippen LogP contribution is -2.22. The van der Waals surface area contributed by atoms with Gasteiger partial charge in [-0.25, -0.2) is 4.79 Å². The van der Waals surface area contributed by atoms with Gasteiger partial charge in [-0.3, -0.25) is 0 Å². The summed E-state index contributed by atoms with van der Waals surface area (Å²) in [6.07, 6.45) is 25.2. The molecule has 4 nitrogen and oxygen atoms in total. The molecule has 0 aromatic rings. The number of unbranched alkanes of at least 4 members (excludes halogenated alkanes) is 16. The predicted molar refractivity (Wildman–Crippen MR) is 127 cm³/mol. The quantitative estimate of drug-likeness (QED) is 0.148. The maximum Gasteiger partial charge on any atom is 0.332 e. The molecule has 0 saturated carbocycles. The second-order valence-corrected chi connectivity index (χ2v) is 8.54. The van der Waals surface area contributed by atoms with E-state index in [9.17, 15) is 4.79 Å². The molecular weight excluding hydrogens is 376 g/mol. The van der Waals surface area contributed by atoms with Crippen LogP contribution in [0.5, 0.6) is 0 Å². The fourth-order valence-electron chi connectivity index (χ4n) is 3.54. The largest absolute Gasteiger partial charge is 0.462 e. The van der Waals surface area contributed by atoms with Crippen LogP contribution in [-0.4, -0.2) is 39.0 Å². The lowest BCUT2D eigenvalue weighted by atomic mass is 10.1. The zero-order valence-corrected chi connectivity index (χ0v) is 20.4. The summed E-state index contributed by atoms with van der Waals surface area (Å²) in [6, 6.07) is 0. The van der Waals surface area contributed by atoms with Crippen LogP contribution in [0, 0.1) is 0 Å². The van der Waals surface area contributed by atoms with Crippen LogP contribution in [0.2, 0.25) is 0 Å². The Kier molecular flexibility index (Phi) is 25.9. The Bertz CT molecular complexity index is 305.